The minimum absolute atomic E-state index is 0. The monoisotopic (exact) mass is 830 g/mol. The van der Waals surface area contributed by atoms with E-state index in [-0.39, 0.29) is 21.1 Å². The molecule has 0 radical (unpaired) electrons. The third kappa shape index (κ3) is 5.09. The smallest absolute Gasteiger partial charge is 0.503 e. The molecule has 0 saturated carbocycles. The second kappa shape index (κ2) is 12.5. The van der Waals surface area contributed by atoms with Crippen LogP contribution in [0.1, 0.15) is 50.7 Å². The number of rotatable bonds is 6. The molecular formula is C43H33N5OPt. The van der Waals surface area contributed by atoms with Gasteiger partial charge in [0.15, 0.2) is 0 Å². The molecule has 9 aromatic rings. The van der Waals surface area contributed by atoms with Gasteiger partial charge in [-0.3, -0.25) is 4.98 Å². The zero-order valence-corrected chi connectivity index (χ0v) is 30.4. The minimum atomic E-state index is 0. The molecule has 9 rings (SSSR count). The third-order valence-corrected chi connectivity index (χ3v) is 9.46. The number of nitrogens with zero attached hydrogens (tertiary/aromatic N) is 5. The third-order valence-electron chi connectivity index (χ3n) is 9.46. The first kappa shape index (κ1) is 31.9. The van der Waals surface area contributed by atoms with E-state index in [4.69, 9.17) is 14.7 Å². The van der Waals surface area contributed by atoms with Crippen LogP contribution in [0.5, 0.6) is 11.5 Å². The Bertz CT molecular complexity index is 2680. The maximum atomic E-state index is 6.47. The number of aromatic nitrogens is 5. The number of hydrogen-bond donors (Lipinski definition) is 0. The molecule has 0 spiro atoms. The summed E-state index contributed by atoms with van der Waals surface area (Å²) in [5.41, 5.74) is 8.46. The first-order valence-corrected chi connectivity index (χ1v) is 16.8. The molecule has 0 aliphatic heterocycles. The molecule has 0 unspecified atom stereocenters. The van der Waals surface area contributed by atoms with Gasteiger partial charge in [0, 0.05) is 41.2 Å². The Kier molecular flexibility index (Phi) is 8.00. The van der Waals surface area contributed by atoms with Gasteiger partial charge in [-0.05, 0) is 58.0 Å². The van der Waals surface area contributed by atoms with Gasteiger partial charge in [-0.2, -0.15) is 6.07 Å². The molecule has 7 heteroatoms. The zero-order chi connectivity index (χ0) is 33.2. The van der Waals surface area contributed by atoms with Crippen LogP contribution in [-0.2, 0) is 21.1 Å². The Hall–Kier alpha value is -5.32. The molecule has 0 saturated heterocycles. The van der Waals surface area contributed by atoms with E-state index in [2.05, 4.69) is 114 Å². The molecule has 6 nitrogen and oxygen atoms in total. The van der Waals surface area contributed by atoms with E-state index in [1.165, 1.54) is 16.7 Å². The van der Waals surface area contributed by atoms with Crippen molar-refractivity contribution in [1.82, 2.24) is 23.9 Å². The number of fused-ring (bicyclic) bond motifs is 9. The van der Waals surface area contributed by atoms with Gasteiger partial charge in [-0.1, -0.05) is 98.6 Å². The summed E-state index contributed by atoms with van der Waals surface area (Å²) >= 11 is 0. The molecule has 5 heterocycles. The Labute approximate surface area is 304 Å². The van der Waals surface area contributed by atoms with Crippen molar-refractivity contribution in [3.8, 4) is 28.6 Å². The SMILES string of the molecule is CC(C)c1cccc(C(C)C)c1-c1ccc2c3ccc(Oc4[c-]c5c(cc4)c4ccccc4n5-c4ccccn4)[c-]c3c3nccn3c2n1.[Pt+2]. The summed E-state index contributed by atoms with van der Waals surface area (Å²) < 4.78 is 10.7. The summed E-state index contributed by atoms with van der Waals surface area (Å²) in [5, 5.41) is 5.16. The van der Waals surface area contributed by atoms with Gasteiger partial charge >= 0.3 is 21.1 Å². The van der Waals surface area contributed by atoms with Crippen molar-refractivity contribution in [3.05, 3.63) is 139 Å². The largest absolute Gasteiger partial charge is 2.00 e. The van der Waals surface area contributed by atoms with Gasteiger partial charge in [0.05, 0.1) is 11.3 Å². The van der Waals surface area contributed by atoms with Crippen LogP contribution in [0.3, 0.4) is 0 Å². The van der Waals surface area contributed by atoms with Crippen molar-refractivity contribution >= 4 is 49.3 Å². The van der Waals surface area contributed by atoms with Crippen LogP contribution in [0.2, 0.25) is 0 Å². The summed E-state index contributed by atoms with van der Waals surface area (Å²) in [6.45, 7) is 8.99. The fourth-order valence-corrected chi connectivity index (χ4v) is 7.20. The fourth-order valence-electron chi connectivity index (χ4n) is 7.20. The van der Waals surface area contributed by atoms with Crippen molar-refractivity contribution in [2.75, 3.05) is 0 Å². The first-order chi connectivity index (χ1) is 24.0. The Balaban J connectivity index is 0.00000361. The first-order valence-electron chi connectivity index (χ1n) is 16.8. The number of benzene rings is 4. The van der Waals surface area contributed by atoms with E-state index in [1.807, 2.05) is 55.0 Å². The Morgan fingerprint density at radius 2 is 1.34 bits per heavy atom. The van der Waals surface area contributed by atoms with Crippen LogP contribution in [0.4, 0.5) is 0 Å². The standard InChI is InChI=1S/C43H33N5O.Pt/c1-26(2)30-11-9-12-31(27(3)4)41(30)37-20-19-35-32-17-15-28(24-36(32)42-45-22-23-47(42)43(35)46-37)49-29-16-18-34-33-10-5-6-13-38(33)48(39(34)25-29)40-14-7-8-21-44-40;/h5-23,26-27H,1-4H3;/q-2;+2. The van der Waals surface area contributed by atoms with Crippen LogP contribution in [0, 0.1) is 12.1 Å². The second-order valence-corrected chi connectivity index (χ2v) is 13.1. The average molecular weight is 831 g/mol. The van der Waals surface area contributed by atoms with Crippen molar-refractivity contribution in [3.63, 3.8) is 0 Å². The summed E-state index contributed by atoms with van der Waals surface area (Å²) in [5.74, 6) is 2.77. The minimum Gasteiger partial charge on any atom is -0.503 e. The average Bonchev–Trinajstić information content (AvgIpc) is 3.75. The van der Waals surface area contributed by atoms with Crippen molar-refractivity contribution in [2.45, 2.75) is 39.5 Å². The molecule has 0 atom stereocenters. The summed E-state index contributed by atoms with van der Waals surface area (Å²) in [4.78, 5) is 14.7. The van der Waals surface area contributed by atoms with Gasteiger partial charge in [-0.25, -0.2) is 9.97 Å². The molecular weight excluding hydrogens is 798 g/mol. The van der Waals surface area contributed by atoms with E-state index < -0.39 is 0 Å². The van der Waals surface area contributed by atoms with Gasteiger partial charge in [-0.15, -0.1) is 29.7 Å². The molecule has 0 amide bonds. The van der Waals surface area contributed by atoms with Crippen molar-refractivity contribution in [2.24, 2.45) is 0 Å². The summed E-state index contributed by atoms with van der Waals surface area (Å²) in [6, 6.07) is 40.4. The number of para-hydroxylation sites is 1. The van der Waals surface area contributed by atoms with Crippen molar-refractivity contribution < 1.29 is 25.8 Å². The Morgan fingerprint density at radius 3 is 2.10 bits per heavy atom. The summed E-state index contributed by atoms with van der Waals surface area (Å²) in [6.07, 6.45) is 5.61. The number of pyridine rings is 3. The molecule has 0 aliphatic rings. The van der Waals surface area contributed by atoms with Crippen molar-refractivity contribution in [1.29, 1.82) is 0 Å². The van der Waals surface area contributed by atoms with Gasteiger partial charge in [0.2, 0.25) is 0 Å². The Morgan fingerprint density at radius 1 is 0.620 bits per heavy atom. The molecule has 50 heavy (non-hydrogen) atoms. The topological polar surface area (TPSA) is 57.2 Å². The predicted molar refractivity (Wildman–Crippen MR) is 198 cm³/mol. The quantitative estimate of drug-likeness (QED) is 0.124. The van der Waals surface area contributed by atoms with E-state index in [0.717, 1.165) is 60.8 Å². The van der Waals surface area contributed by atoms with E-state index in [0.29, 0.717) is 23.3 Å². The predicted octanol–water partition coefficient (Wildman–Crippen LogP) is 10.8. The number of hydrogen-bond acceptors (Lipinski definition) is 4. The van der Waals surface area contributed by atoms with Crippen LogP contribution < -0.4 is 4.74 Å². The molecule has 4 aromatic carbocycles. The molecule has 0 N–H and O–H groups in total. The second-order valence-electron chi connectivity index (χ2n) is 13.1. The number of ether oxygens (including phenoxy) is 1. The van der Waals surface area contributed by atoms with Crippen LogP contribution in [-0.4, -0.2) is 23.9 Å². The van der Waals surface area contributed by atoms with Gasteiger partial charge < -0.3 is 13.7 Å². The molecule has 246 valence electrons. The maximum absolute atomic E-state index is 6.47. The normalized spacial score (nSPS) is 11.8. The maximum Gasteiger partial charge on any atom is 2.00 e. The van der Waals surface area contributed by atoms with Crippen LogP contribution in [0.25, 0.3) is 66.3 Å². The van der Waals surface area contributed by atoms with Gasteiger partial charge in [0.1, 0.15) is 11.5 Å². The summed E-state index contributed by atoms with van der Waals surface area (Å²) in [7, 11) is 0. The molecule has 0 bridgehead atoms. The fraction of sp³-hybridized carbons (Fsp3) is 0.140. The molecule has 0 aliphatic carbocycles. The zero-order valence-electron chi connectivity index (χ0n) is 28.1. The van der Waals surface area contributed by atoms with Crippen LogP contribution >= 0.6 is 0 Å². The molecule has 0 fully saturated rings. The van der Waals surface area contributed by atoms with Crippen LogP contribution in [0.15, 0.2) is 116 Å². The number of imidazole rings is 1. The van der Waals surface area contributed by atoms with Gasteiger partial charge in [0.25, 0.3) is 0 Å². The van der Waals surface area contributed by atoms with E-state index in [1.54, 1.807) is 0 Å². The van der Waals surface area contributed by atoms with E-state index >= 15 is 0 Å². The molecule has 5 aromatic heterocycles. The van der Waals surface area contributed by atoms with E-state index in [9.17, 15) is 0 Å².